The van der Waals surface area contributed by atoms with Crippen LogP contribution in [0.25, 0.3) is 11.5 Å². The van der Waals surface area contributed by atoms with Crippen molar-refractivity contribution in [1.82, 2.24) is 15.4 Å². The third kappa shape index (κ3) is 5.55. The van der Waals surface area contributed by atoms with Crippen LogP contribution < -0.4 is 5.32 Å². The van der Waals surface area contributed by atoms with Crippen LogP contribution in [-0.2, 0) is 9.59 Å². The molecule has 0 saturated carbocycles. The van der Waals surface area contributed by atoms with E-state index < -0.39 is 23.8 Å². The van der Waals surface area contributed by atoms with Crippen molar-refractivity contribution in [3.63, 3.8) is 0 Å². The molecule has 1 aromatic carbocycles. The van der Waals surface area contributed by atoms with Gasteiger partial charge in [0.2, 0.25) is 11.8 Å². The summed E-state index contributed by atoms with van der Waals surface area (Å²) < 4.78 is 5.20. The summed E-state index contributed by atoms with van der Waals surface area (Å²) in [6.45, 7) is 1.28. The minimum atomic E-state index is -1.22. The predicted molar refractivity (Wildman–Crippen MR) is 95.5 cm³/mol. The molecule has 1 aromatic heterocycles. The molecule has 2 rings (SSSR count). The average Bonchev–Trinajstić information content (AvgIpc) is 3.14. The number of carbonyl (C=O) groups is 3. The van der Waals surface area contributed by atoms with E-state index >= 15 is 0 Å². The maximum absolute atomic E-state index is 12.3. The van der Waals surface area contributed by atoms with Crippen LogP contribution in [0.3, 0.4) is 0 Å². The Morgan fingerprint density at radius 3 is 2.61 bits per heavy atom. The SMILES string of the molecule is CC(=O)N(O)CCCC[C@H](NC(=O)c1coc(-c2ccccc2O)n1)C(=O)O. The van der Waals surface area contributed by atoms with Gasteiger partial charge in [-0.3, -0.25) is 14.8 Å². The van der Waals surface area contributed by atoms with Crippen molar-refractivity contribution in [2.75, 3.05) is 6.54 Å². The van der Waals surface area contributed by atoms with Gasteiger partial charge in [-0.25, -0.2) is 14.8 Å². The number of carbonyl (C=O) groups excluding carboxylic acids is 2. The average molecular weight is 391 g/mol. The lowest BCUT2D eigenvalue weighted by Gasteiger charge is -2.15. The highest BCUT2D eigenvalue weighted by Crippen LogP contribution is 2.27. The first-order valence-corrected chi connectivity index (χ1v) is 8.54. The van der Waals surface area contributed by atoms with E-state index in [0.29, 0.717) is 23.5 Å². The molecule has 0 unspecified atom stereocenters. The van der Waals surface area contributed by atoms with Gasteiger partial charge in [0.05, 0.1) is 5.56 Å². The van der Waals surface area contributed by atoms with Crippen molar-refractivity contribution in [3.8, 4) is 17.2 Å². The van der Waals surface area contributed by atoms with Gasteiger partial charge in [-0.15, -0.1) is 0 Å². The highest BCUT2D eigenvalue weighted by Gasteiger charge is 2.23. The summed E-state index contributed by atoms with van der Waals surface area (Å²) in [6.07, 6.45) is 1.92. The van der Waals surface area contributed by atoms with Gasteiger partial charge in [-0.1, -0.05) is 12.1 Å². The summed E-state index contributed by atoms with van der Waals surface area (Å²) >= 11 is 0. The van der Waals surface area contributed by atoms with Crippen molar-refractivity contribution >= 4 is 17.8 Å². The van der Waals surface area contributed by atoms with E-state index in [1.165, 1.54) is 13.0 Å². The lowest BCUT2D eigenvalue weighted by atomic mass is 10.1. The highest BCUT2D eigenvalue weighted by atomic mass is 16.5. The van der Waals surface area contributed by atoms with E-state index in [9.17, 15) is 29.8 Å². The van der Waals surface area contributed by atoms with Gasteiger partial charge in [0.15, 0.2) is 5.69 Å². The van der Waals surface area contributed by atoms with Crippen molar-refractivity contribution in [3.05, 3.63) is 36.2 Å². The first kappa shape index (κ1) is 20.9. The van der Waals surface area contributed by atoms with Crippen LogP contribution in [0, 0.1) is 0 Å². The molecule has 0 aliphatic heterocycles. The van der Waals surface area contributed by atoms with E-state index in [1.54, 1.807) is 18.2 Å². The molecule has 0 radical (unpaired) electrons. The second-order valence-corrected chi connectivity index (χ2v) is 6.06. The summed E-state index contributed by atoms with van der Waals surface area (Å²) in [4.78, 5) is 38.5. The number of phenols is 1. The number of nitrogens with one attached hydrogen (secondary N) is 1. The molecule has 2 aromatic rings. The molecule has 10 nitrogen and oxygen atoms in total. The predicted octanol–water partition coefficient (Wildman–Crippen LogP) is 1.64. The summed E-state index contributed by atoms with van der Waals surface area (Å²) in [6, 6.07) is 5.13. The van der Waals surface area contributed by atoms with Gasteiger partial charge < -0.3 is 19.9 Å². The third-order valence-electron chi connectivity index (χ3n) is 3.95. The zero-order chi connectivity index (χ0) is 20.7. The van der Waals surface area contributed by atoms with E-state index in [1.807, 2.05) is 0 Å². The number of oxazole rings is 1. The minimum absolute atomic E-state index is 0.0300. The normalized spacial score (nSPS) is 11.6. The molecule has 28 heavy (non-hydrogen) atoms. The number of carboxylic acid groups (broad SMARTS) is 1. The fourth-order valence-electron chi connectivity index (χ4n) is 2.41. The Kier molecular flexibility index (Phi) is 7.10. The minimum Gasteiger partial charge on any atom is -0.507 e. The number of aliphatic carboxylic acids is 1. The fraction of sp³-hybridized carbons (Fsp3) is 0.333. The number of aromatic nitrogens is 1. The molecule has 0 aliphatic rings. The van der Waals surface area contributed by atoms with Crippen LogP contribution in [0.2, 0.25) is 0 Å². The number of carboxylic acids is 1. The van der Waals surface area contributed by atoms with Gasteiger partial charge in [0, 0.05) is 13.5 Å². The molecule has 2 amide bonds. The molecule has 0 bridgehead atoms. The van der Waals surface area contributed by atoms with Crippen LogP contribution in [0.5, 0.6) is 5.75 Å². The number of hydrogen-bond donors (Lipinski definition) is 4. The number of hydroxylamine groups is 2. The van der Waals surface area contributed by atoms with Crippen molar-refractivity contribution in [2.24, 2.45) is 0 Å². The topological polar surface area (TPSA) is 153 Å². The molecule has 1 atom stereocenters. The zero-order valence-corrected chi connectivity index (χ0v) is 15.2. The standard InChI is InChI=1S/C18H21N3O7/c1-11(22)21(27)9-5-4-7-13(18(25)26)19-16(24)14-10-28-17(20-14)12-6-2-3-8-15(12)23/h2-3,6,8,10,13,23,27H,4-5,7,9H2,1H3,(H,19,24)(H,25,26)/t13-/m0/s1. The molecule has 4 N–H and O–H groups in total. The third-order valence-corrected chi connectivity index (χ3v) is 3.95. The lowest BCUT2D eigenvalue weighted by Crippen LogP contribution is -2.41. The van der Waals surface area contributed by atoms with Gasteiger partial charge in [0.1, 0.15) is 18.1 Å². The number of para-hydroxylation sites is 1. The number of nitrogens with zero attached hydrogens (tertiary/aromatic N) is 2. The number of aromatic hydroxyl groups is 1. The first-order valence-electron chi connectivity index (χ1n) is 8.54. The smallest absolute Gasteiger partial charge is 0.326 e. The fourth-order valence-corrected chi connectivity index (χ4v) is 2.41. The molecule has 1 heterocycles. The van der Waals surface area contributed by atoms with E-state index in [0.717, 1.165) is 6.26 Å². The monoisotopic (exact) mass is 391 g/mol. The van der Waals surface area contributed by atoms with Crippen LogP contribution in [0.4, 0.5) is 0 Å². The van der Waals surface area contributed by atoms with E-state index in [4.69, 9.17) is 4.42 Å². The molecule has 0 fully saturated rings. The molecule has 10 heteroatoms. The quantitative estimate of drug-likeness (QED) is 0.286. The van der Waals surface area contributed by atoms with E-state index in [2.05, 4.69) is 10.3 Å². The maximum Gasteiger partial charge on any atom is 0.326 e. The van der Waals surface area contributed by atoms with Gasteiger partial charge >= 0.3 is 5.97 Å². The number of hydrogen-bond acceptors (Lipinski definition) is 7. The summed E-state index contributed by atoms with van der Waals surface area (Å²) in [5.41, 5.74) is 0.179. The Bertz CT molecular complexity index is 849. The Hall–Kier alpha value is -3.40. The second-order valence-electron chi connectivity index (χ2n) is 6.06. The largest absolute Gasteiger partial charge is 0.507 e. The molecule has 0 spiro atoms. The molecule has 150 valence electrons. The summed E-state index contributed by atoms with van der Waals surface area (Å²) in [7, 11) is 0. The number of amides is 2. The van der Waals surface area contributed by atoms with Crippen molar-refractivity contribution in [2.45, 2.75) is 32.2 Å². The zero-order valence-electron chi connectivity index (χ0n) is 15.2. The van der Waals surface area contributed by atoms with Crippen molar-refractivity contribution < 1.29 is 34.2 Å². The van der Waals surface area contributed by atoms with Crippen LogP contribution in [0.15, 0.2) is 34.9 Å². The van der Waals surface area contributed by atoms with Gasteiger partial charge in [-0.05, 0) is 31.4 Å². The molecule has 0 aliphatic carbocycles. The number of benzene rings is 1. The number of unbranched alkanes of at least 4 members (excludes halogenated alkanes) is 1. The lowest BCUT2D eigenvalue weighted by molar-refractivity contribution is -0.162. The molecular formula is C18H21N3O7. The van der Waals surface area contributed by atoms with Crippen LogP contribution >= 0.6 is 0 Å². The van der Waals surface area contributed by atoms with Crippen LogP contribution in [0.1, 0.15) is 36.7 Å². The molecular weight excluding hydrogens is 370 g/mol. The number of rotatable bonds is 9. The summed E-state index contributed by atoms with van der Waals surface area (Å²) in [5.74, 6) is -2.49. The Morgan fingerprint density at radius 2 is 1.96 bits per heavy atom. The molecule has 0 saturated heterocycles. The first-order chi connectivity index (χ1) is 13.3. The second kappa shape index (κ2) is 9.51. The van der Waals surface area contributed by atoms with Gasteiger partial charge in [0.25, 0.3) is 5.91 Å². The summed E-state index contributed by atoms with van der Waals surface area (Å²) in [5, 5.41) is 31.3. The Morgan fingerprint density at radius 1 is 1.25 bits per heavy atom. The number of phenolic OH excluding ortho intramolecular Hbond substituents is 1. The Balaban J connectivity index is 1.94. The van der Waals surface area contributed by atoms with Crippen LogP contribution in [-0.4, -0.2) is 55.8 Å². The highest BCUT2D eigenvalue weighted by molar-refractivity contribution is 5.95. The Labute approximate surface area is 160 Å². The van der Waals surface area contributed by atoms with E-state index in [-0.39, 0.29) is 30.3 Å². The van der Waals surface area contributed by atoms with Gasteiger partial charge in [-0.2, -0.15) is 0 Å². The maximum atomic E-state index is 12.3. The van der Waals surface area contributed by atoms with Crippen molar-refractivity contribution in [1.29, 1.82) is 0 Å².